The van der Waals surface area contributed by atoms with Crippen LogP contribution in [0.5, 0.6) is 0 Å². The fraction of sp³-hybridized carbons (Fsp3) is 0.0417. The van der Waals surface area contributed by atoms with Gasteiger partial charge < -0.3 is 11.1 Å². The summed E-state index contributed by atoms with van der Waals surface area (Å²) in [7, 11) is 0. The van der Waals surface area contributed by atoms with Crippen molar-refractivity contribution in [2.24, 2.45) is 0 Å². The van der Waals surface area contributed by atoms with Crippen molar-refractivity contribution < 1.29 is 13.2 Å². The first-order valence-electron chi connectivity index (χ1n) is 10.0. The van der Waals surface area contributed by atoms with E-state index in [0.29, 0.717) is 27.9 Å². The number of fused-ring (bicyclic) bond motifs is 1. The van der Waals surface area contributed by atoms with E-state index in [0.717, 1.165) is 0 Å². The number of anilines is 2. The summed E-state index contributed by atoms with van der Waals surface area (Å²) in [4.78, 5) is 8.98. The Morgan fingerprint density at radius 3 is 2.24 bits per heavy atom. The van der Waals surface area contributed by atoms with Crippen molar-refractivity contribution in [3.8, 4) is 16.9 Å². The molecule has 3 aromatic carbocycles. The number of nitrogen functional groups attached to an aromatic ring is 1. The number of nitrogens with two attached hydrogens (primary N) is 1. The van der Waals surface area contributed by atoms with E-state index >= 15 is 0 Å². The van der Waals surface area contributed by atoms with Gasteiger partial charge in [-0.05, 0) is 48.0 Å². The molecule has 0 aliphatic heterocycles. The van der Waals surface area contributed by atoms with Crippen molar-refractivity contribution in [2.45, 2.75) is 6.54 Å². The van der Waals surface area contributed by atoms with Crippen LogP contribution in [-0.2, 0) is 6.54 Å². The number of nitrogens with one attached hydrogen (secondary N) is 1. The van der Waals surface area contributed by atoms with Gasteiger partial charge in [0, 0.05) is 12.1 Å². The topological polar surface area (TPSA) is 81.7 Å². The number of aromatic nitrogens is 4. The summed E-state index contributed by atoms with van der Waals surface area (Å²) in [5.74, 6) is -0.848. The van der Waals surface area contributed by atoms with E-state index in [-0.39, 0.29) is 29.8 Å². The van der Waals surface area contributed by atoms with Crippen LogP contribution in [0.15, 0.2) is 72.8 Å². The summed E-state index contributed by atoms with van der Waals surface area (Å²) in [5, 5.41) is 7.90. The summed E-state index contributed by atoms with van der Waals surface area (Å²) in [5.41, 5.74) is 8.55. The molecule has 0 radical (unpaired) electrons. The van der Waals surface area contributed by atoms with Gasteiger partial charge in [0.1, 0.15) is 23.3 Å². The quantitative estimate of drug-likeness (QED) is 0.393. The minimum Gasteiger partial charge on any atom is -0.383 e. The minimum atomic E-state index is -0.444. The molecule has 5 rings (SSSR count). The molecule has 0 amide bonds. The van der Waals surface area contributed by atoms with Crippen LogP contribution in [0.3, 0.4) is 0 Å². The molecule has 164 valence electrons. The van der Waals surface area contributed by atoms with E-state index < -0.39 is 11.6 Å². The standard InChI is InChI=1S/C24H17F3N6/c25-16-6-1-4-14(10-16)13-29-24-30-21(15-5-2-7-17(26)11-15)20-22(28)33(32-23(20)31-24)19-9-3-8-18(27)12-19/h1-12H,13,28H2,(H,29,31,32). The highest BCUT2D eigenvalue weighted by Gasteiger charge is 2.19. The molecule has 0 aliphatic rings. The van der Waals surface area contributed by atoms with Gasteiger partial charge in [-0.1, -0.05) is 30.3 Å². The first-order chi connectivity index (χ1) is 16.0. The molecule has 5 aromatic rings. The van der Waals surface area contributed by atoms with Gasteiger partial charge in [-0.15, -0.1) is 5.10 Å². The number of nitrogens with zero attached hydrogens (tertiary/aromatic N) is 4. The monoisotopic (exact) mass is 446 g/mol. The third kappa shape index (κ3) is 4.08. The zero-order chi connectivity index (χ0) is 22.9. The van der Waals surface area contributed by atoms with E-state index in [2.05, 4.69) is 20.4 Å². The van der Waals surface area contributed by atoms with Crippen molar-refractivity contribution in [1.29, 1.82) is 0 Å². The van der Waals surface area contributed by atoms with E-state index in [4.69, 9.17) is 5.73 Å². The Kier molecular flexibility index (Phi) is 5.14. The van der Waals surface area contributed by atoms with E-state index in [9.17, 15) is 13.2 Å². The first kappa shape index (κ1) is 20.5. The molecule has 9 heteroatoms. The van der Waals surface area contributed by atoms with Gasteiger partial charge in [-0.25, -0.2) is 22.8 Å². The Morgan fingerprint density at radius 2 is 1.52 bits per heavy atom. The molecule has 0 saturated heterocycles. The van der Waals surface area contributed by atoms with Gasteiger partial charge >= 0.3 is 0 Å². The normalized spacial score (nSPS) is 11.1. The van der Waals surface area contributed by atoms with Crippen LogP contribution < -0.4 is 11.1 Å². The smallest absolute Gasteiger partial charge is 0.225 e. The molecular weight excluding hydrogens is 429 g/mol. The molecule has 2 aromatic heterocycles. The van der Waals surface area contributed by atoms with Crippen LogP contribution >= 0.6 is 0 Å². The fourth-order valence-corrected chi connectivity index (χ4v) is 3.57. The maximum atomic E-state index is 14.0. The maximum absolute atomic E-state index is 14.0. The highest BCUT2D eigenvalue weighted by atomic mass is 19.1. The molecule has 33 heavy (non-hydrogen) atoms. The molecule has 0 aliphatic carbocycles. The molecule has 0 spiro atoms. The van der Waals surface area contributed by atoms with Gasteiger partial charge in [-0.3, -0.25) is 0 Å². The molecule has 0 saturated carbocycles. The summed E-state index contributed by atoms with van der Waals surface area (Å²) >= 11 is 0. The zero-order valence-corrected chi connectivity index (χ0v) is 17.1. The Morgan fingerprint density at radius 1 is 0.818 bits per heavy atom. The summed E-state index contributed by atoms with van der Waals surface area (Å²) in [6, 6.07) is 17.8. The SMILES string of the molecule is Nc1c2c(-c3cccc(F)c3)nc(NCc3cccc(F)c3)nc2nn1-c1cccc(F)c1. The van der Waals surface area contributed by atoms with Crippen LogP contribution in [0.2, 0.25) is 0 Å². The number of halogens is 3. The van der Waals surface area contributed by atoms with Crippen LogP contribution in [0.4, 0.5) is 24.9 Å². The molecular formula is C24H17F3N6. The van der Waals surface area contributed by atoms with Gasteiger partial charge in [-0.2, -0.15) is 4.98 Å². The average molecular weight is 446 g/mol. The molecule has 0 bridgehead atoms. The number of rotatable bonds is 5. The first-order valence-corrected chi connectivity index (χ1v) is 10.0. The lowest BCUT2D eigenvalue weighted by molar-refractivity contribution is 0.625. The molecule has 3 N–H and O–H groups in total. The molecule has 0 fully saturated rings. The third-order valence-electron chi connectivity index (χ3n) is 5.06. The van der Waals surface area contributed by atoms with Crippen LogP contribution in [0.1, 0.15) is 5.56 Å². The summed E-state index contributed by atoms with van der Waals surface area (Å²) in [6.07, 6.45) is 0. The van der Waals surface area contributed by atoms with Crippen molar-refractivity contribution in [2.75, 3.05) is 11.1 Å². The van der Waals surface area contributed by atoms with Gasteiger partial charge in [0.2, 0.25) is 5.95 Å². The second kappa shape index (κ2) is 8.27. The molecule has 2 heterocycles. The molecule has 6 nitrogen and oxygen atoms in total. The largest absolute Gasteiger partial charge is 0.383 e. The Labute approximate surface area is 186 Å². The maximum Gasteiger partial charge on any atom is 0.225 e. The summed E-state index contributed by atoms with van der Waals surface area (Å²) < 4.78 is 42.7. The predicted octanol–water partition coefficient (Wildman–Crippen LogP) is 5.09. The molecule has 0 atom stereocenters. The lowest BCUT2D eigenvalue weighted by Gasteiger charge is -2.09. The predicted molar refractivity (Wildman–Crippen MR) is 120 cm³/mol. The highest BCUT2D eigenvalue weighted by Crippen LogP contribution is 2.33. The third-order valence-corrected chi connectivity index (χ3v) is 5.06. The van der Waals surface area contributed by atoms with Gasteiger partial charge in [0.15, 0.2) is 5.65 Å². The zero-order valence-electron chi connectivity index (χ0n) is 17.1. The average Bonchev–Trinajstić information content (AvgIpc) is 3.14. The summed E-state index contributed by atoms with van der Waals surface area (Å²) in [6.45, 7) is 0.256. The molecule has 0 unspecified atom stereocenters. The Balaban J connectivity index is 1.65. The van der Waals surface area contributed by atoms with Gasteiger partial charge in [0.25, 0.3) is 0 Å². The van der Waals surface area contributed by atoms with Crippen LogP contribution in [0, 0.1) is 17.5 Å². The second-order valence-electron chi connectivity index (χ2n) is 7.37. The lowest BCUT2D eigenvalue weighted by Crippen LogP contribution is -2.05. The Bertz CT molecular complexity index is 1480. The van der Waals surface area contributed by atoms with Crippen molar-refractivity contribution in [3.05, 3.63) is 95.8 Å². The van der Waals surface area contributed by atoms with E-state index in [1.54, 1.807) is 36.4 Å². The van der Waals surface area contributed by atoms with Crippen molar-refractivity contribution in [3.63, 3.8) is 0 Å². The fourth-order valence-electron chi connectivity index (χ4n) is 3.57. The number of hydrogen-bond donors (Lipinski definition) is 2. The highest BCUT2D eigenvalue weighted by molar-refractivity contribution is 5.99. The van der Waals surface area contributed by atoms with E-state index in [1.165, 1.54) is 41.1 Å². The van der Waals surface area contributed by atoms with Crippen molar-refractivity contribution >= 4 is 22.8 Å². The van der Waals surface area contributed by atoms with E-state index in [1.807, 2.05) is 0 Å². The second-order valence-corrected chi connectivity index (χ2v) is 7.37. The minimum absolute atomic E-state index is 0.187. The van der Waals surface area contributed by atoms with Crippen molar-refractivity contribution in [1.82, 2.24) is 19.7 Å². The van der Waals surface area contributed by atoms with Crippen LogP contribution in [0.25, 0.3) is 28.0 Å². The van der Waals surface area contributed by atoms with Gasteiger partial charge in [0.05, 0.1) is 16.8 Å². The van der Waals surface area contributed by atoms with Crippen LogP contribution in [-0.4, -0.2) is 19.7 Å². The lowest BCUT2D eigenvalue weighted by atomic mass is 10.1. The number of benzene rings is 3. The Hall–Kier alpha value is -4.40. The number of hydrogen-bond acceptors (Lipinski definition) is 5.